The zero-order valence-electron chi connectivity index (χ0n) is 13.0. The van der Waals surface area contributed by atoms with Gasteiger partial charge in [-0.3, -0.25) is 4.79 Å². The van der Waals surface area contributed by atoms with Crippen molar-refractivity contribution in [3.63, 3.8) is 0 Å². The number of carbonyl (C=O) groups excluding carboxylic acids is 1. The molecule has 23 heavy (non-hydrogen) atoms. The van der Waals surface area contributed by atoms with Crippen LogP contribution in [0.3, 0.4) is 0 Å². The molecule has 0 fully saturated rings. The Balaban J connectivity index is 2.80. The van der Waals surface area contributed by atoms with Gasteiger partial charge in [0.15, 0.2) is 0 Å². The summed E-state index contributed by atoms with van der Waals surface area (Å²) >= 11 is 5.54. The van der Waals surface area contributed by atoms with E-state index in [4.69, 9.17) is 16.3 Å². The molecule has 0 saturated carbocycles. The maximum Gasteiger partial charge on any atom is 0.324 e. The first-order valence-electron chi connectivity index (χ1n) is 6.96. The molecule has 0 aliphatic carbocycles. The molecule has 0 spiro atoms. The van der Waals surface area contributed by atoms with Gasteiger partial charge in [-0.25, -0.2) is 8.42 Å². The van der Waals surface area contributed by atoms with Gasteiger partial charge in [0.05, 0.1) is 0 Å². The molecule has 1 aromatic carbocycles. The van der Waals surface area contributed by atoms with Crippen molar-refractivity contribution in [2.24, 2.45) is 5.92 Å². The Bertz CT molecular complexity index is 669. The summed E-state index contributed by atoms with van der Waals surface area (Å²) in [4.78, 5) is 12.0. The molecule has 1 rings (SSSR count). The minimum atomic E-state index is -3.79. The fourth-order valence-corrected chi connectivity index (χ4v) is 2.84. The Morgan fingerprint density at radius 3 is 2.48 bits per heavy atom. The average molecular weight is 358 g/mol. The highest BCUT2D eigenvalue weighted by Crippen LogP contribution is 2.09. The summed E-state index contributed by atoms with van der Waals surface area (Å²) < 4.78 is 31.5. The number of carbonyl (C=O) groups is 1. The standard InChI is InChI=1S/C16H20ClNO4S/c1-12(2)15(16(19)22-11-13(3)17)18-23(20,21)10-9-14-7-5-4-6-8-14/h4-10,12,15,18H,3,11H2,1-2H3/b10-9+. The van der Waals surface area contributed by atoms with Crippen LogP contribution < -0.4 is 4.72 Å². The molecule has 0 radical (unpaired) electrons. The fraction of sp³-hybridized carbons (Fsp3) is 0.312. The van der Waals surface area contributed by atoms with Gasteiger partial charge in [0.25, 0.3) is 0 Å². The highest BCUT2D eigenvalue weighted by molar-refractivity contribution is 7.92. The number of halogens is 1. The van der Waals surface area contributed by atoms with Gasteiger partial charge in [0.1, 0.15) is 12.6 Å². The van der Waals surface area contributed by atoms with Gasteiger partial charge in [-0.05, 0) is 17.6 Å². The number of hydrogen-bond acceptors (Lipinski definition) is 4. The summed E-state index contributed by atoms with van der Waals surface area (Å²) in [6, 6.07) is 7.97. The normalized spacial score (nSPS) is 13.2. The van der Waals surface area contributed by atoms with Crippen LogP contribution >= 0.6 is 11.6 Å². The lowest BCUT2D eigenvalue weighted by Gasteiger charge is -2.19. The molecule has 1 aromatic rings. The lowest BCUT2D eigenvalue weighted by atomic mass is 10.1. The van der Waals surface area contributed by atoms with Crippen LogP contribution in [-0.2, 0) is 19.6 Å². The van der Waals surface area contributed by atoms with E-state index < -0.39 is 22.0 Å². The first-order chi connectivity index (χ1) is 10.7. The molecule has 0 aliphatic rings. The summed E-state index contributed by atoms with van der Waals surface area (Å²) in [6.07, 6.45) is 1.45. The zero-order valence-corrected chi connectivity index (χ0v) is 14.6. The molecular weight excluding hydrogens is 338 g/mol. The molecule has 1 N–H and O–H groups in total. The lowest BCUT2D eigenvalue weighted by molar-refractivity contribution is -0.145. The number of ether oxygens (including phenoxy) is 1. The van der Waals surface area contributed by atoms with E-state index >= 15 is 0 Å². The third kappa shape index (κ3) is 7.45. The van der Waals surface area contributed by atoms with E-state index in [1.807, 2.05) is 6.07 Å². The molecular formula is C16H20ClNO4S. The van der Waals surface area contributed by atoms with Crippen LogP contribution in [0.5, 0.6) is 0 Å². The summed E-state index contributed by atoms with van der Waals surface area (Å²) in [5, 5.41) is 1.18. The molecule has 7 heteroatoms. The minimum Gasteiger partial charge on any atom is -0.459 e. The van der Waals surface area contributed by atoms with Gasteiger partial charge in [-0.15, -0.1) is 0 Å². The van der Waals surface area contributed by atoms with E-state index in [-0.39, 0.29) is 17.6 Å². The van der Waals surface area contributed by atoms with E-state index in [0.717, 1.165) is 11.0 Å². The molecule has 5 nitrogen and oxygen atoms in total. The predicted octanol–water partition coefficient (Wildman–Crippen LogP) is 2.90. The Hall–Kier alpha value is -1.63. The number of esters is 1. The predicted molar refractivity (Wildman–Crippen MR) is 92.1 cm³/mol. The summed E-state index contributed by atoms with van der Waals surface area (Å²) in [7, 11) is -3.79. The van der Waals surface area contributed by atoms with Crippen LogP contribution in [0.15, 0.2) is 47.4 Å². The van der Waals surface area contributed by atoms with E-state index in [1.54, 1.807) is 38.1 Å². The van der Waals surface area contributed by atoms with E-state index in [1.165, 1.54) is 6.08 Å². The zero-order chi connectivity index (χ0) is 17.5. The topological polar surface area (TPSA) is 72.5 Å². The van der Waals surface area contributed by atoms with Crippen molar-refractivity contribution >= 4 is 33.7 Å². The van der Waals surface area contributed by atoms with Crippen LogP contribution in [0.1, 0.15) is 19.4 Å². The molecule has 0 aliphatic heterocycles. The minimum absolute atomic E-state index is 0.160. The van der Waals surface area contributed by atoms with Crippen LogP contribution in [0.4, 0.5) is 0 Å². The maximum absolute atomic E-state index is 12.1. The van der Waals surface area contributed by atoms with Gasteiger partial charge < -0.3 is 4.74 Å². The van der Waals surface area contributed by atoms with Gasteiger partial charge in [0.2, 0.25) is 10.0 Å². The molecule has 1 unspecified atom stereocenters. The van der Waals surface area contributed by atoms with Crippen molar-refractivity contribution in [3.8, 4) is 0 Å². The first kappa shape index (κ1) is 19.4. The fourth-order valence-electron chi connectivity index (χ4n) is 1.64. The smallest absolute Gasteiger partial charge is 0.324 e. The van der Waals surface area contributed by atoms with Crippen molar-refractivity contribution in [2.75, 3.05) is 6.61 Å². The molecule has 0 heterocycles. The van der Waals surface area contributed by atoms with Gasteiger partial charge in [-0.2, -0.15) is 4.72 Å². The van der Waals surface area contributed by atoms with Crippen LogP contribution in [-0.4, -0.2) is 27.0 Å². The molecule has 0 aromatic heterocycles. The SMILES string of the molecule is C=C(Cl)COC(=O)C(NS(=O)(=O)/C=C/c1ccccc1)C(C)C. The van der Waals surface area contributed by atoms with E-state index in [9.17, 15) is 13.2 Å². The van der Waals surface area contributed by atoms with Crippen molar-refractivity contribution < 1.29 is 17.9 Å². The Kier molecular flexibility index (Phi) is 7.48. The van der Waals surface area contributed by atoms with Crippen LogP contribution in [0.2, 0.25) is 0 Å². The van der Waals surface area contributed by atoms with Crippen molar-refractivity contribution in [3.05, 3.63) is 52.9 Å². The van der Waals surface area contributed by atoms with Crippen molar-refractivity contribution in [1.29, 1.82) is 0 Å². The molecule has 0 saturated heterocycles. The molecule has 0 amide bonds. The second-order valence-corrected chi connectivity index (χ2v) is 7.36. The summed E-state index contributed by atoms with van der Waals surface area (Å²) in [5.74, 6) is -0.982. The molecule has 126 valence electrons. The largest absolute Gasteiger partial charge is 0.459 e. The Morgan fingerprint density at radius 2 is 1.96 bits per heavy atom. The third-order valence-electron chi connectivity index (χ3n) is 2.82. The second-order valence-electron chi connectivity index (χ2n) is 5.22. The second kappa shape index (κ2) is 8.86. The van der Waals surface area contributed by atoms with Crippen molar-refractivity contribution in [1.82, 2.24) is 4.72 Å². The molecule has 0 bridgehead atoms. The first-order valence-corrected chi connectivity index (χ1v) is 8.89. The van der Waals surface area contributed by atoms with Crippen molar-refractivity contribution in [2.45, 2.75) is 19.9 Å². The van der Waals surface area contributed by atoms with Crippen LogP contribution in [0, 0.1) is 5.92 Å². The average Bonchev–Trinajstić information content (AvgIpc) is 2.49. The maximum atomic E-state index is 12.1. The summed E-state index contributed by atoms with van der Waals surface area (Å²) in [6.45, 7) is 6.67. The van der Waals surface area contributed by atoms with E-state index in [0.29, 0.717) is 0 Å². The van der Waals surface area contributed by atoms with Gasteiger partial charge >= 0.3 is 5.97 Å². The van der Waals surface area contributed by atoms with Gasteiger partial charge in [0, 0.05) is 10.4 Å². The number of nitrogens with one attached hydrogen (secondary N) is 1. The lowest BCUT2D eigenvalue weighted by Crippen LogP contribution is -2.44. The van der Waals surface area contributed by atoms with Gasteiger partial charge in [-0.1, -0.05) is 62.4 Å². The highest BCUT2D eigenvalue weighted by atomic mass is 35.5. The van der Waals surface area contributed by atoms with E-state index in [2.05, 4.69) is 11.3 Å². The third-order valence-corrected chi connectivity index (χ3v) is 4.01. The number of sulfonamides is 1. The molecule has 1 atom stereocenters. The summed E-state index contributed by atoms with van der Waals surface area (Å²) in [5.41, 5.74) is 0.736. The quantitative estimate of drug-likeness (QED) is 0.726. The Labute approximate surface area is 142 Å². The number of hydrogen-bond donors (Lipinski definition) is 1. The number of benzene rings is 1. The monoisotopic (exact) mass is 357 g/mol. The van der Waals surface area contributed by atoms with Crippen LogP contribution in [0.25, 0.3) is 6.08 Å². The Morgan fingerprint density at radius 1 is 1.35 bits per heavy atom. The number of rotatable bonds is 8. The highest BCUT2D eigenvalue weighted by Gasteiger charge is 2.27.